The van der Waals surface area contributed by atoms with Crippen molar-refractivity contribution in [3.63, 3.8) is 0 Å². The first kappa shape index (κ1) is 25.3. The molecular formula is C25H28ClN3O2S2. The van der Waals surface area contributed by atoms with Gasteiger partial charge in [0.05, 0.1) is 10.9 Å². The molecule has 33 heavy (non-hydrogen) atoms. The van der Waals surface area contributed by atoms with Crippen molar-refractivity contribution < 1.29 is 9.59 Å². The van der Waals surface area contributed by atoms with E-state index >= 15 is 0 Å². The molecule has 1 heterocycles. The van der Waals surface area contributed by atoms with Gasteiger partial charge >= 0.3 is 0 Å². The molecule has 0 aliphatic carbocycles. The highest BCUT2D eigenvalue weighted by Crippen LogP contribution is 2.32. The number of thiazole rings is 1. The van der Waals surface area contributed by atoms with Crippen molar-refractivity contribution in [3.05, 3.63) is 58.9 Å². The third-order valence-corrected chi connectivity index (χ3v) is 7.08. The predicted octanol–water partition coefficient (Wildman–Crippen LogP) is 7.35. The van der Waals surface area contributed by atoms with Crippen LogP contribution < -0.4 is 10.6 Å². The lowest BCUT2D eigenvalue weighted by atomic mass is 9.92. The molecule has 2 amide bonds. The van der Waals surface area contributed by atoms with Gasteiger partial charge in [-0.2, -0.15) is 0 Å². The number of rotatable bonds is 8. The van der Waals surface area contributed by atoms with Crippen molar-refractivity contribution in [2.45, 2.75) is 50.7 Å². The average Bonchev–Trinajstić information content (AvgIpc) is 3.19. The van der Waals surface area contributed by atoms with Gasteiger partial charge in [-0.25, -0.2) is 4.98 Å². The molecule has 2 aromatic carbocycles. The van der Waals surface area contributed by atoms with Crippen LogP contribution in [0.4, 0.5) is 10.8 Å². The molecule has 5 nitrogen and oxygen atoms in total. The molecule has 0 bridgehead atoms. The van der Waals surface area contributed by atoms with E-state index < -0.39 is 0 Å². The summed E-state index contributed by atoms with van der Waals surface area (Å²) in [6.07, 6.45) is 1.09. The fraction of sp³-hybridized carbons (Fsp3) is 0.320. The monoisotopic (exact) mass is 501 g/mol. The van der Waals surface area contributed by atoms with E-state index in [1.54, 1.807) is 0 Å². The molecule has 3 aromatic rings. The van der Waals surface area contributed by atoms with Crippen LogP contribution in [-0.2, 0) is 9.59 Å². The second-order valence-corrected chi connectivity index (χ2v) is 11.4. The van der Waals surface area contributed by atoms with Crippen LogP contribution in [0.5, 0.6) is 0 Å². The minimum atomic E-state index is -0.293. The first-order valence-electron chi connectivity index (χ1n) is 10.7. The summed E-state index contributed by atoms with van der Waals surface area (Å²) in [6.45, 7) is 8.07. The number of hydrogen-bond donors (Lipinski definition) is 2. The Labute approximate surface area is 208 Å². The van der Waals surface area contributed by atoms with Crippen LogP contribution in [0.25, 0.3) is 11.3 Å². The van der Waals surface area contributed by atoms with Gasteiger partial charge in [0.1, 0.15) is 0 Å². The molecule has 0 fully saturated rings. The molecule has 0 saturated carbocycles. The number of amides is 2. The molecule has 0 radical (unpaired) electrons. The van der Waals surface area contributed by atoms with Gasteiger partial charge in [-0.3, -0.25) is 9.59 Å². The summed E-state index contributed by atoms with van der Waals surface area (Å²) in [7, 11) is 0. The van der Waals surface area contributed by atoms with Gasteiger partial charge in [0.15, 0.2) is 5.13 Å². The number of anilines is 2. The van der Waals surface area contributed by atoms with Crippen molar-refractivity contribution in [3.8, 4) is 11.3 Å². The summed E-state index contributed by atoms with van der Waals surface area (Å²) in [4.78, 5) is 30.6. The number of carbonyl (C=O) groups excluding carboxylic acids is 2. The third kappa shape index (κ3) is 7.59. The minimum Gasteiger partial charge on any atom is -0.326 e. The highest BCUT2D eigenvalue weighted by molar-refractivity contribution is 8.00. The summed E-state index contributed by atoms with van der Waals surface area (Å²) in [5.74, 6) is -0.128. The van der Waals surface area contributed by atoms with E-state index in [1.165, 1.54) is 23.1 Å². The first-order chi connectivity index (χ1) is 15.6. The summed E-state index contributed by atoms with van der Waals surface area (Å²) in [5.41, 5.74) is 2.22. The largest absolute Gasteiger partial charge is 0.326 e. The molecule has 1 aromatic heterocycles. The first-order valence-corrected chi connectivity index (χ1v) is 12.9. The van der Waals surface area contributed by atoms with E-state index in [2.05, 4.69) is 15.6 Å². The van der Waals surface area contributed by atoms with Gasteiger partial charge in [0, 0.05) is 33.0 Å². The number of nitrogens with zero attached hydrogens (tertiary/aromatic N) is 1. The Morgan fingerprint density at radius 2 is 1.88 bits per heavy atom. The number of thioether (sulfide) groups is 1. The molecule has 174 valence electrons. The Balaban J connectivity index is 1.64. The van der Waals surface area contributed by atoms with Gasteiger partial charge in [-0.1, -0.05) is 63.6 Å². The standard InChI is InChI=1S/C25H28ClN3O2S2/c1-5-21(33-17-10-8-9-16(13-17)27-22(30)14-25(2,3)4)23(31)29-24-28-20(15-32-24)18-11-6-7-12-19(18)26/h6-13,15,21H,5,14H2,1-4H3,(H,27,30)(H,28,29,31). The molecular weight excluding hydrogens is 474 g/mol. The van der Waals surface area contributed by atoms with E-state index in [0.29, 0.717) is 23.0 Å². The van der Waals surface area contributed by atoms with Crippen molar-refractivity contribution in [1.29, 1.82) is 0 Å². The zero-order chi connectivity index (χ0) is 24.0. The van der Waals surface area contributed by atoms with Crippen LogP contribution in [0, 0.1) is 5.41 Å². The topological polar surface area (TPSA) is 71.1 Å². The van der Waals surface area contributed by atoms with Crippen LogP contribution in [-0.4, -0.2) is 22.0 Å². The van der Waals surface area contributed by atoms with Gasteiger partial charge in [0.2, 0.25) is 11.8 Å². The van der Waals surface area contributed by atoms with Gasteiger partial charge < -0.3 is 10.6 Å². The molecule has 0 saturated heterocycles. The van der Waals surface area contributed by atoms with Gasteiger partial charge in [-0.05, 0) is 36.1 Å². The van der Waals surface area contributed by atoms with Crippen LogP contribution >= 0.6 is 34.7 Å². The van der Waals surface area contributed by atoms with E-state index in [0.717, 1.165) is 21.8 Å². The van der Waals surface area contributed by atoms with E-state index in [9.17, 15) is 9.59 Å². The molecule has 0 aliphatic rings. The van der Waals surface area contributed by atoms with Crippen LogP contribution in [0.1, 0.15) is 40.5 Å². The van der Waals surface area contributed by atoms with Crippen LogP contribution in [0.15, 0.2) is 58.8 Å². The number of aromatic nitrogens is 1. The highest BCUT2D eigenvalue weighted by atomic mass is 35.5. The number of hydrogen-bond acceptors (Lipinski definition) is 5. The lowest BCUT2D eigenvalue weighted by Crippen LogP contribution is -2.24. The smallest absolute Gasteiger partial charge is 0.239 e. The Kier molecular flexibility index (Phi) is 8.57. The van der Waals surface area contributed by atoms with E-state index in [1.807, 2.05) is 81.6 Å². The van der Waals surface area contributed by atoms with Crippen molar-refractivity contribution >= 4 is 57.3 Å². The Morgan fingerprint density at radius 3 is 2.58 bits per heavy atom. The van der Waals surface area contributed by atoms with Crippen LogP contribution in [0.3, 0.4) is 0 Å². The molecule has 2 N–H and O–H groups in total. The van der Waals surface area contributed by atoms with E-state index in [4.69, 9.17) is 11.6 Å². The predicted molar refractivity (Wildman–Crippen MR) is 140 cm³/mol. The zero-order valence-corrected chi connectivity index (χ0v) is 21.5. The Morgan fingerprint density at radius 1 is 1.12 bits per heavy atom. The molecule has 3 rings (SSSR count). The molecule has 1 atom stereocenters. The number of nitrogens with one attached hydrogen (secondary N) is 2. The lowest BCUT2D eigenvalue weighted by Gasteiger charge is -2.18. The normalized spacial score (nSPS) is 12.3. The van der Waals surface area contributed by atoms with Gasteiger partial charge in [-0.15, -0.1) is 23.1 Å². The second-order valence-electron chi connectivity index (χ2n) is 8.84. The number of benzene rings is 2. The summed E-state index contributed by atoms with van der Waals surface area (Å²) in [5, 5.41) is 8.63. The van der Waals surface area contributed by atoms with Gasteiger partial charge in [0.25, 0.3) is 0 Å². The third-order valence-electron chi connectivity index (χ3n) is 4.63. The highest BCUT2D eigenvalue weighted by Gasteiger charge is 2.20. The molecule has 1 unspecified atom stereocenters. The SMILES string of the molecule is CCC(Sc1cccc(NC(=O)CC(C)(C)C)c1)C(=O)Nc1nc(-c2ccccc2Cl)cs1. The number of halogens is 1. The maximum atomic E-state index is 12.9. The fourth-order valence-electron chi connectivity index (χ4n) is 3.13. The second kappa shape index (κ2) is 11.2. The van der Waals surface area contributed by atoms with Crippen molar-refractivity contribution in [1.82, 2.24) is 4.98 Å². The summed E-state index contributed by atoms with van der Waals surface area (Å²) < 4.78 is 0. The fourth-order valence-corrected chi connectivity index (χ4v) is 5.09. The van der Waals surface area contributed by atoms with Crippen LogP contribution in [0.2, 0.25) is 5.02 Å². The van der Waals surface area contributed by atoms with Crippen molar-refractivity contribution in [2.24, 2.45) is 5.41 Å². The molecule has 8 heteroatoms. The maximum absolute atomic E-state index is 12.9. The lowest BCUT2D eigenvalue weighted by molar-refractivity contribution is -0.118. The molecule has 0 spiro atoms. The number of carbonyl (C=O) groups is 2. The van der Waals surface area contributed by atoms with E-state index in [-0.39, 0.29) is 22.5 Å². The minimum absolute atomic E-state index is 0.0208. The maximum Gasteiger partial charge on any atom is 0.239 e. The zero-order valence-electron chi connectivity index (χ0n) is 19.1. The van der Waals surface area contributed by atoms with Crippen molar-refractivity contribution in [2.75, 3.05) is 10.6 Å². The molecule has 0 aliphatic heterocycles. The Hall–Kier alpha value is -2.35. The quantitative estimate of drug-likeness (QED) is 0.316. The average molecular weight is 502 g/mol. The Bertz CT molecular complexity index is 1120. The summed E-state index contributed by atoms with van der Waals surface area (Å²) in [6, 6.07) is 15.1. The summed E-state index contributed by atoms with van der Waals surface area (Å²) >= 11 is 9.10.